The van der Waals surface area contributed by atoms with Crippen LogP contribution in [0.3, 0.4) is 0 Å². The van der Waals surface area contributed by atoms with Gasteiger partial charge in [0.1, 0.15) is 0 Å². The molecule has 4 unspecified atom stereocenters. The largest absolute Gasteiger partial charge is 0.493 e. The maximum absolute atomic E-state index is 6.59. The molecule has 8 heteroatoms. The van der Waals surface area contributed by atoms with Gasteiger partial charge in [-0.1, -0.05) is 0 Å². The summed E-state index contributed by atoms with van der Waals surface area (Å²) in [5, 5.41) is 8.30. The SMILES string of the molecule is COc1cc(C2NNC3CCC(O[C@H](C)c4c(C)cnnc4C)CC32)cnc1N1CCCC1. The van der Waals surface area contributed by atoms with Crippen molar-refractivity contribution in [3.8, 4) is 5.75 Å². The average molecular weight is 453 g/mol. The fourth-order valence-corrected chi connectivity index (χ4v) is 5.99. The van der Waals surface area contributed by atoms with Crippen molar-refractivity contribution >= 4 is 5.82 Å². The molecule has 2 aromatic rings. The molecule has 2 saturated heterocycles. The molecular weight excluding hydrogens is 416 g/mol. The van der Waals surface area contributed by atoms with Crippen LogP contribution in [-0.2, 0) is 4.74 Å². The van der Waals surface area contributed by atoms with Gasteiger partial charge in [0.15, 0.2) is 11.6 Å². The lowest BCUT2D eigenvalue weighted by Crippen LogP contribution is -2.37. The van der Waals surface area contributed by atoms with E-state index in [1.165, 1.54) is 18.4 Å². The van der Waals surface area contributed by atoms with E-state index in [9.17, 15) is 0 Å². The highest BCUT2D eigenvalue weighted by molar-refractivity contribution is 5.54. The molecule has 0 aromatic carbocycles. The number of fused-ring (bicyclic) bond motifs is 1. The van der Waals surface area contributed by atoms with Crippen molar-refractivity contribution in [3.05, 3.63) is 40.8 Å². The number of anilines is 1. The van der Waals surface area contributed by atoms with Crippen molar-refractivity contribution in [3.63, 3.8) is 0 Å². The minimum absolute atomic E-state index is 0.00401. The lowest BCUT2D eigenvalue weighted by Gasteiger charge is -2.35. The van der Waals surface area contributed by atoms with E-state index in [0.29, 0.717) is 12.0 Å². The Labute approximate surface area is 196 Å². The van der Waals surface area contributed by atoms with E-state index in [1.54, 1.807) is 7.11 Å². The average Bonchev–Trinajstić information content (AvgIpc) is 3.48. The summed E-state index contributed by atoms with van der Waals surface area (Å²) in [6.45, 7) is 8.34. The molecule has 178 valence electrons. The van der Waals surface area contributed by atoms with Crippen molar-refractivity contribution in [2.24, 2.45) is 5.92 Å². The number of nitrogens with one attached hydrogen (secondary N) is 2. The van der Waals surface area contributed by atoms with Gasteiger partial charge in [-0.25, -0.2) is 10.4 Å². The number of pyridine rings is 1. The van der Waals surface area contributed by atoms with Gasteiger partial charge in [0.2, 0.25) is 0 Å². The molecule has 0 amide bonds. The van der Waals surface area contributed by atoms with Crippen LogP contribution < -0.4 is 20.5 Å². The van der Waals surface area contributed by atoms with Crippen LogP contribution in [0.4, 0.5) is 5.82 Å². The predicted octanol–water partition coefficient (Wildman–Crippen LogP) is 3.56. The van der Waals surface area contributed by atoms with Gasteiger partial charge in [0, 0.05) is 30.9 Å². The second-order valence-corrected chi connectivity index (χ2v) is 9.77. The van der Waals surface area contributed by atoms with Crippen LogP contribution in [0.1, 0.15) is 73.6 Å². The molecule has 8 nitrogen and oxygen atoms in total. The third-order valence-electron chi connectivity index (χ3n) is 7.62. The third kappa shape index (κ3) is 4.44. The number of hydrazine groups is 1. The summed E-state index contributed by atoms with van der Waals surface area (Å²) in [6, 6.07) is 2.81. The molecular formula is C25H36N6O2. The van der Waals surface area contributed by atoms with E-state index < -0.39 is 0 Å². The Hall–Kier alpha value is -2.29. The zero-order valence-electron chi connectivity index (χ0n) is 20.2. The van der Waals surface area contributed by atoms with Crippen LogP contribution >= 0.6 is 0 Å². The van der Waals surface area contributed by atoms with Crippen LogP contribution in [0.25, 0.3) is 0 Å². The summed E-state index contributed by atoms with van der Waals surface area (Å²) in [4.78, 5) is 7.16. The molecule has 5 atom stereocenters. The molecule has 2 aromatic heterocycles. The summed E-state index contributed by atoms with van der Waals surface area (Å²) in [6.07, 6.45) is 9.67. The molecule has 1 saturated carbocycles. The van der Waals surface area contributed by atoms with Gasteiger partial charge in [0.25, 0.3) is 0 Å². The maximum atomic E-state index is 6.59. The minimum atomic E-state index is 0.00401. The highest BCUT2D eigenvalue weighted by Crippen LogP contribution is 2.42. The zero-order valence-corrected chi connectivity index (χ0v) is 20.2. The third-order valence-corrected chi connectivity index (χ3v) is 7.62. The Morgan fingerprint density at radius 2 is 1.94 bits per heavy atom. The monoisotopic (exact) mass is 452 g/mol. The Kier molecular flexibility index (Phi) is 6.49. The van der Waals surface area contributed by atoms with E-state index in [1.807, 2.05) is 19.3 Å². The summed E-state index contributed by atoms with van der Waals surface area (Å²) in [5.74, 6) is 2.28. The molecule has 5 rings (SSSR count). The van der Waals surface area contributed by atoms with Crippen molar-refractivity contribution in [2.45, 2.75) is 77.2 Å². The maximum Gasteiger partial charge on any atom is 0.171 e. The van der Waals surface area contributed by atoms with E-state index in [-0.39, 0.29) is 18.2 Å². The molecule has 3 fully saturated rings. The number of aryl methyl sites for hydroxylation is 2. The molecule has 0 radical (unpaired) electrons. The van der Waals surface area contributed by atoms with Crippen molar-refractivity contribution < 1.29 is 9.47 Å². The lowest BCUT2D eigenvalue weighted by atomic mass is 9.78. The number of ether oxygens (including phenoxy) is 2. The van der Waals surface area contributed by atoms with E-state index in [2.05, 4.69) is 45.9 Å². The first-order valence-corrected chi connectivity index (χ1v) is 12.3. The fraction of sp³-hybridized carbons (Fsp3) is 0.640. The normalized spacial score (nSPS) is 28.1. The smallest absolute Gasteiger partial charge is 0.171 e. The first kappa shape index (κ1) is 22.5. The number of aromatic nitrogens is 3. The van der Waals surface area contributed by atoms with Gasteiger partial charge in [-0.3, -0.25) is 5.43 Å². The molecule has 2 N–H and O–H groups in total. The standard InChI is InChI=1S/C25H36N6O2/c1-15-13-27-28-16(2)23(15)17(3)33-19-7-8-21-20(12-19)24(30-29-21)18-11-22(32-4)25(26-14-18)31-9-5-6-10-31/h11,13-14,17,19-21,24,29-30H,5-10,12H2,1-4H3/t17-,19?,20?,21?,24?/m1/s1. The van der Waals surface area contributed by atoms with Crippen LogP contribution in [0.2, 0.25) is 0 Å². The van der Waals surface area contributed by atoms with E-state index in [0.717, 1.165) is 60.7 Å². The van der Waals surface area contributed by atoms with Crippen LogP contribution in [-0.4, -0.2) is 47.5 Å². The second kappa shape index (κ2) is 9.52. The topological polar surface area (TPSA) is 84.4 Å². The van der Waals surface area contributed by atoms with Crippen molar-refractivity contribution in [2.75, 3.05) is 25.1 Å². The van der Waals surface area contributed by atoms with Gasteiger partial charge in [-0.15, -0.1) is 0 Å². The quantitative estimate of drug-likeness (QED) is 0.688. The molecule has 0 bridgehead atoms. The lowest BCUT2D eigenvalue weighted by molar-refractivity contribution is -0.0377. The highest BCUT2D eigenvalue weighted by Gasteiger charge is 2.42. The Morgan fingerprint density at radius 3 is 2.70 bits per heavy atom. The van der Waals surface area contributed by atoms with Crippen LogP contribution in [0, 0.1) is 19.8 Å². The van der Waals surface area contributed by atoms with Gasteiger partial charge < -0.3 is 14.4 Å². The molecule has 2 aliphatic heterocycles. The number of hydrogen-bond donors (Lipinski definition) is 2. The summed E-state index contributed by atoms with van der Waals surface area (Å²) < 4.78 is 12.3. The molecule has 3 aliphatic rings. The molecule has 4 heterocycles. The van der Waals surface area contributed by atoms with Gasteiger partial charge >= 0.3 is 0 Å². The van der Waals surface area contributed by atoms with E-state index >= 15 is 0 Å². The summed E-state index contributed by atoms with van der Waals surface area (Å²) in [5.41, 5.74) is 11.5. The minimum Gasteiger partial charge on any atom is -0.493 e. The summed E-state index contributed by atoms with van der Waals surface area (Å²) >= 11 is 0. The Bertz CT molecular complexity index is 959. The first-order valence-electron chi connectivity index (χ1n) is 12.3. The Balaban J connectivity index is 1.30. The van der Waals surface area contributed by atoms with Gasteiger partial charge in [-0.05, 0) is 76.0 Å². The Morgan fingerprint density at radius 1 is 1.12 bits per heavy atom. The predicted molar refractivity (Wildman–Crippen MR) is 127 cm³/mol. The second-order valence-electron chi connectivity index (χ2n) is 9.77. The summed E-state index contributed by atoms with van der Waals surface area (Å²) in [7, 11) is 1.74. The number of nitrogens with zero attached hydrogens (tertiary/aromatic N) is 4. The molecule has 0 spiro atoms. The number of hydrogen-bond acceptors (Lipinski definition) is 8. The number of rotatable bonds is 6. The molecule has 1 aliphatic carbocycles. The van der Waals surface area contributed by atoms with Crippen LogP contribution in [0.15, 0.2) is 18.5 Å². The van der Waals surface area contributed by atoms with Crippen molar-refractivity contribution in [1.82, 2.24) is 26.0 Å². The van der Waals surface area contributed by atoms with Crippen LogP contribution in [0.5, 0.6) is 5.75 Å². The molecule has 33 heavy (non-hydrogen) atoms. The zero-order chi connectivity index (χ0) is 22.9. The van der Waals surface area contributed by atoms with Crippen molar-refractivity contribution in [1.29, 1.82) is 0 Å². The number of methoxy groups -OCH3 is 1. The van der Waals surface area contributed by atoms with Gasteiger partial charge in [0.05, 0.1) is 37.3 Å². The first-order chi connectivity index (χ1) is 16.0. The van der Waals surface area contributed by atoms with E-state index in [4.69, 9.17) is 14.5 Å². The fourth-order valence-electron chi connectivity index (χ4n) is 5.99. The highest BCUT2D eigenvalue weighted by atomic mass is 16.5. The van der Waals surface area contributed by atoms with Gasteiger partial charge in [-0.2, -0.15) is 10.2 Å².